The Hall–Kier alpha value is -1.85. The van der Waals surface area contributed by atoms with E-state index in [4.69, 9.17) is 14.2 Å². The number of carbonyl (C=O) groups excluding carboxylic acids is 3. The lowest BCUT2D eigenvalue weighted by molar-refractivity contribution is -0.167. The van der Waals surface area contributed by atoms with Gasteiger partial charge in [-0.05, 0) is 44.9 Å². The molecular weight excluding hydrogens is 973 g/mol. The van der Waals surface area contributed by atoms with Crippen molar-refractivity contribution in [3.05, 3.63) is 12.2 Å². The van der Waals surface area contributed by atoms with Crippen LogP contribution in [-0.2, 0) is 28.6 Å². The van der Waals surface area contributed by atoms with Gasteiger partial charge in [0, 0.05) is 19.3 Å². The molecule has 0 bridgehead atoms. The van der Waals surface area contributed by atoms with Crippen LogP contribution < -0.4 is 0 Å². The lowest BCUT2D eigenvalue weighted by atomic mass is 10.0. The van der Waals surface area contributed by atoms with Crippen molar-refractivity contribution in [2.75, 3.05) is 13.2 Å². The van der Waals surface area contributed by atoms with E-state index in [9.17, 15) is 14.4 Å². The zero-order chi connectivity index (χ0) is 57.1. The van der Waals surface area contributed by atoms with Crippen molar-refractivity contribution in [2.45, 2.75) is 425 Å². The number of esters is 3. The van der Waals surface area contributed by atoms with Gasteiger partial charge in [0.05, 0.1) is 0 Å². The smallest absolute Gasteiger partial charge is 0.306 e. The van der Waals surface area contributed by atoms with Gasteiger partial charge in [-0.2, -0.15) is 0 Å². The summed E-state index contributed by atoms with van der Waals surface area (Å²) in [5, 5.41) is 0. The molecule has 0 radical (unpaired) electrons. The first-order valence-electron chi connectivity index (χ1n) is 36.2. The summed E-state index contributed by atoms with van der Waals surface area (Å²) in [6.45, 7) is 6.70. The largest absolute Gasteiger partial charge is 0.462 e. The van der Waals surface area contributed by atoms with Crippen LogP contribution in [0.15, 0.2) is 12.2 Å². The first-order valence-corrected chi connectivity index (χ1v) is 36.2. The third kappa shape index (κ3) is 66.8. The fourth-order valence-corrected chi connectivity index (χ4v) is 11.3. The lowest BCUT2D eigenvalue weighted by Gasteiger charge is -2.18. The van der Waals surface area contributed by atoms with Crippen molar-refractivity contribution in [3.63, 3.8) is 0 Å². The molecule has 0 N–H and O–H groups in total. The van der Waals surface area contributed by atoms with Crippen molar-refractivity contribution in [3.8, 4) is 0 Å². The molecule has 1 atom stereocenters. The van der Waals surface area contributed by atoms with Crippen LogP contribution in [-0.4, -0.2) is 37.2 Å². The summed E-state index contributed by atoms with van der Waals surface area (Å²) >= 11 is 0. The second-order valence-electron chi connectivity index (χ2n) is 24.9. The first-order chi connectivity index (χ1) is 39.0. The fourth-order valence-electron chi connectivity index (χ4n) is 11.3. The predicted octanol–water partition coefficient (Wildman–Crippen LogP) is 24.8. The number of hydrogen-bond acceptors (Lipinski definition) is 6. The average molecular weight is 1110 g/mol. The van der Waals surface area contributed by atoms with E-state index >= 15 is 0 Å². The molecule has 0 heterocycles. The Balaban J connectivity index is 4.13. The van der Waals surface area contributed by atoms with E-state index in [1.165, 1.54) is 315 Å². The van der Waals surface area contributed by atoms with Gasteiger partial charge in [0.25, 0.3) is 0 Å². The quantitative estimate of drug-likeness (QED) is 0.0261. The van der Waals surface area contributed by atoms with Crippen molar-refractivity contribution < 1.29 is 28.6 Å². The average Bonchev–Trinajstić information content (AvgIpc) is 3.45. The molecule has 79 heavy (non-hydrogen) atoms. The van der Waals surface area contributed by atoms with Crippen molar-refractivity contribution in [2.24, 2.45) is 0 Å². The highest BCUT2D eigenvalue weighted by Crippen LogP contribution is 2.19. The molecular formula is C73H140O6. The monoisotopic (exact) mass is 1110 g/mol. The van der Waals surface area contributed by atoms with Crippen LogP contribution in [0, 0.1) is 0 Å². The van der Waals surface area contributed by atoms with Gasteiger partial charge in [0.2, 0.25) is 0 Å². The molecule has 0 aromatic heterocycles. The Morgan fingerprint density at radius 1 is 0.241 bits per heavy atom. The Morgan fingerprint density at radius 2 is 0.418 bits per heavy atom. The maximum Gasteiger partial charge on any atom is 0.306 e. The van der Waals surface area contributed by atoms with Gasteiger partial charge in [0.15, 0.2) is 6.10 Å². The highest BCUT2D eigenvalue weighted by molar-refractivity contribution is 5.71. The highest BCUT2D eigenvalue weighted by Gasteiger charge is 2.19. The molecule has 0 amide bonds. The summed E-state index contributed by atoms with van der Waals surface area (Å²) in [6, 6.07) is 0. The summed E-state index contributed by atoms with van der Waals surface area (Å²) in [5.41, 5.74) is 0. The number of ether oxygens (including phenoxy) is 3. The molecule has 0 rings (SSSR count). The van der Waals surface area contributed by atoms with Gasteiger partial charge in [-0.3, -0.25) is 14.4 Å². The van der Waals surface area contributed by atoms with Gasteiger partial charge in [0.1, 0.15) is 13.2 Å². The molecule has 0 aliphatic rings. The molecule has 0 fully saturated rings. The van der Waals surface area contributed by atoms with Crippen LogP contribution in [0.1, 0.15) is 419 Å². The summed E-state index contributed by atoms with van der Waals surface area (Å²) in [7, 11) is 0. The maximum absolute atomic E-state index is 12.9. The second-order valence-corrected chi connectivity index (χ2v) is 24.9. The number of allylic oxidation sites excluding steroid dienone is 2. The zero-order valence-corrected chi connectivity index (χ0v) is 53.9. The standard InChI is InChI=1S/C73H140O6/c1-4-7-10-13-16-19-22-25-27-29-31-33-34-35-36-37-38-39-40-41-43-44-46-48-51-54-57-60-63-66-72(75)78-69-70(68-77-71(74)65-62-59-56-53-50-24-21-18-15-12-9-6-3)79-73(76)67-64-61-58-55-52-49-47-45-42-32-30-28-26-23-20-17-14-11-8-5-2/h18,21,70H,4-17,19-20,22-69H2,1-3H3/b21-18-. The molecule has 1 unspecified atom stereocenters. The van der Waals surface area contributed by atoms with Gasteiger partial charge in [-0.1, -0.05) is 367 Å². The van der Waals surface area contributed by atoms with Gasteiger partial charge in [-0.15, -0.1) is 0 Å². The van der Waals surface area contributed by atoms with Crippen molar-refractivity contribution in [1.29, 1.82) is 0 Å². The zero-order valence-electron chi connectivity index (χ0n) is 53.9. The molecule has 0 aromatic rings. The molecule has 0 saturated carbocycles. The van der Waals surface area contributed by atoms with Crippen molar-refractivity contribution in [1.82, 2.24) is 0 Å². The minimum atomic E-state index is -0.769. The van der Waals surface area contributed by atoms with Gasteiger partial charge in [-0.25, -0.2) is 0 Å². The second kappa shape index (κ2) is 68.6. The summed E-state index contributed by atoms with van der Waals surface area (Å²) < 4.78 is 17.0. The van der Waals surface area contributed by atoms with E-state index in [1.54, 1.807) is 0 Å². The van der Waals surface area contributed by atoms with Crippen molar-refractivity contribution >= 4 is 17.9 Å². The summed E-state index contributed by atoms with van der Waals surface area (Å²) in [6.07, 6.45) is 82.6. The Kier molecular flexibility index (Phi) is 67.0. The highest BCUT2D eigenvalue weighted by atomic mass is 16.6. The Labute approximate surface area is 494 Å². The van der Waals surface area contributed by atoms with Gasteiger partial charge < -0.3 is 14.2 Å². The van der Waals surface area contributed by atoms with Gasteiger partial charge >= 0.3 is 17.9 Å². The normalized spacial score (nSPS) is 12.0. The molecule has 0 saturated heterocycles. The van der Waals surface area contributed by atoms with Crippen LogP contribution in [0.2, 0.25) is 0 Å². The fraction of sp³-hybridized carbons (Fsp3) is 0.932. The minimum absolute atomic E-state index is 0.0658. The molecule has 0 aliphatic heterocycles. The number of carbonyl (C=O) groups is 3. The molecule has 0 spiro atoms. The first kappa shape index (κ1) is 77.2. The topological polar surface area (TPSA) is 78.9 Å². The molecule has 468 valence electrons. The number of hydrogen-bond donors (Lipinski definition) is 0. The van der Waals surface area contributed by atoms with Crippen LogP contribution in [0.3, 0.4) is 0 Å². The number of unbranched alkanes of at least 4 members (excludes halogenated alkanes) is 55. The van der Waals surface area contributed by atoms with E-state index in [0.717, 1.165) is 64.2 Å². The SMILES string of the molecule is CCCCC/C=C\CCCCCCCC(=O)OCC(COC(=O)CCCCCCCCCCCCCCCCCCCCCCCCCCCCCCC)OC(=O)CCCCCCCCCCCCCCCCCCCCCC. The minimum Gasteiger partial charge on any atom is -0.462 e. The molecule has 0 aliphatic carbocycles. The van der Waals surface area contributed by atoms with Crippen LogP contribution >= 0.6 is 0 Å². The Bertz CT molecular complexity index is 1230. The number of rotatable bonds is 68. The predicted molar refractivity (Wildman–Crippen MR) is 344 cm³/mol. The van der Waals surface area contributed by atoms with E-state index in [2.05, 4.69) is 32.9 Å². The Morgan fingerprint density at radius 3 is 0.658 bits per heavy atom. The lowest BCUT2D eigenvalue weighted by Crippen LogP contribution is -2.30. The van der Waals surface area contributed by atoms with E-state index in [-0.39, 0.29) is 31.1 Å². The van der Waals surface area contributed by atoms with E-state index in [1.807, 2.05) is 0 Å². The molecule has 0 aromatic carbocycles. The van der Waals surface area contributed by atoms with E-state index < -0.39 is 6.10 Å². The molecule has 6 nitrogen and oxygen atoms in total. The third-order valence-electron chi connectivity index (χ3n) is 16.8. The maximum atomic E-state index is 12.9. The third-order valence-corrected chi connectivity index (χ3v) is 16.8. The summed E-state index contributed by atoms with van der Waals surface area (Å²) in [5.74, 6) is -0.841. The summed E-state index contributed by atoms with van der Waals surface area (Å²) in [4.78, 5) is 38.4. The molecule has 6 heteroatoms. The van der Waals surface area contributed by atoms with Crippen LogP contribution in [0.25, 0.3) is 0 Å². The van der Waals surface area contributed by atoms with E-state index in [0.29, 0.717) is 19.3 Å². The van der Waals surface area contributed by atoms with Crippen LogP contribution in [0.5, 0.6) is 0 Å². The van der Waals surface area contributed by atoms with Crippen LogP contribution in [0.4, 0.5) is 0 Å².